The van der Waals surface area contributed by atoms with Gasteiger partial charge in [-0.15, -0.1) is 0 Å². The molecule has 62 valence electrons. The fourth-order valence-electron chi connectivity index (χ4n) is 1.18. The summed E-state index contributed by atoms with van der Waals surface area (Å²) in [5, 5.41) is 1.38. The molecular formula is C8H5ClO2S. The van der Waals surface area contributed by atoms with Crippen LogP contribution >= 0.6 is 11.6 Å². The van der Waals surface area contributed by atoms with Crippen molar-refractivity contribution < 1.29 is 8.42 Å². The second kappa shape index (κ2) is 2.34. The first-order valence-corrected chi connectivity index (χ1v) is 5.25. The first-order chi connectivity index (χ1) is 5.61. The Morgan fingerprint density at radius 1 is 1.17 bits per heavy atom. The van der Waals surface area contributed by atoms with Gasteiger partial charge in [0.15, 0.2) is 0 Å². The smallest absolute Gasteiger partial charge is 0.201 e. The van der Waals surface area contributed by atoms with Gasteiger partial charge in [0.25, 0.3) is 0 Å². The molecule has 0 amide bonds. The van der Waals surface area contributed by atoms with Gasteiger partial charge < -0.3 is 0 Å². The van der Waals surface area contributed by atoms with E-state index in [0.717, 1.165) is 5.41 Å². The second-order valence-corrected chi connectivity index (χ2v) is 4.68. The first-order valence-electron chi connectivity index (χ1n) is 3.33. The average Bonchev–Trinajstić information content (AvgIpc) is 2.25. The van der Waals surface area contributed by atoms with E-state index in [0.29, 0.717) is 15.5 Å². The summed E-state index contributed by atoms with van der Waals surface area (Å²) in [5.41, 5.74) is 0.596. The van der Waals surface area contributed by atoms with E-state index in [-0.39, 0.29) is 0 Å². The van der Waals surface area contributed by atoms with Crippen LogP contribution in [0.5, 0.6) is 0 Å². The van der Waals surface area contributed by atoms with Crippen LogP contribution in [0.1, 0.15) is 5.56 Å². The third kappa shape index (κ3) is 0.974. The highest BCUT2D eigenvalue weighted by Gasteiger charge is 2.24. The third-order valence-corrected chi connectivity index (χ3v) is 3.67. The van der Waals surface area contributed by atoms with E-state index in [1.54, 1.807) is 24.3 Å². The molecule has 0 atom stereocenters. The zero-order valence-corrected chi connectivity index (χ0v) is 7.56. The molecule has 0 aromatic heterocycles. The van der Waals surface area contributed by atoms with Gasteiger partial charge in [-0.3, -0.25) is 0 Å². The van der Waals surface area contributed by atoms with Crippen LogP contribution in [0.25, 0.3) is 5.03 Å². The van der Waals surface area contributed by atoms with Gasteiger partial charge in [0.1, 0.15) is 0 Å². The van der Waals surface area contributed by atoms with E-state index in [2.05, 4.69) is 0 Å². The first kappa shape index (κ1) is 7.83. The molecule has 0 saturated heterocycles. The van der Waals surface area contributed by atoms with Crippen molar-refractivity contribution in [2.24, 2.45) is 0 Å². The van der Waals surface area contributed by atoms with Crippen LogP contribution in [0.4, 0.5) is 0 Å². The summed E-state index contributed by atoms with van der Waals surface area (Å²) in [6, 6.07) is 6.69. The quantitative estimate of drug-likeness (QED) is 0.642. The number of benzene rings is 1. The molecule has 1 aliphatic rings. The molecule has 0 radical (unpaired) electrons. The predicted octanol–water partition coefficient (Wildman–Crippen LogP) is 2.01. The molecule has 0 N–H and O–H groups in total. The number of hydrogen-bond acceptors (Lipinski definition) is 2. The lowest BCUT2D eigenvalue weighted by Crippen LogP contribution is -1.91. The van der Waals surface area contributed by atoms with Crippen molar-refractivity contribution in [3.8, 4) is 0 Å². The summed E-state index contributed by atoms with van der Waals surface area (Å²) >= 11 is 5.71. The molecule has 0 unspecified atom stereocenters. The molecule has 1 aliphatic heterocycles. The molecule has 2 rings (SSSR count). The molecule has 4 heteroatoms. The van der Waals surface area contributed by atoms with Crippen molar-refractivity contribution in [3.05, 3.63) is 35.2 Å². The van der Waals surface area contributed by atoms with Gasteiger partial charge in [0.2, 0.25) is 9.84 Å². The monoisotopic (exact) mass is 200 g/mol. The van der Waals surface area contributed by atoms with Gasteiger partial charge in [-0.1, -0.05) is 29.8 Å². The van der Waals surface area contributed by atoms with Crippen LogP contribution in [0, 0.1) is 0 Å². The number of hydrogen-bond donors (Lipinski definition) is 0. The Bertz CT molecular complexity index is 460. The normalized spacial score (nSPS) is 18.6. The number of halogens is 1. The lowest BCUT2D eigenvalue weighted by atomic mass is 10.2. The third-order valence-electron chi connectivity index (χ3n) is 1.71. The van der Waals surface area contributed by atoms with Gasteiger partial charge in [-0.05, 0) is 6.07 Å². The maximum absolute atomic E-state index is 11.3. The van der Waals surface area contributed by atoms with E-state index in [1.807, 2.05) is 0 Å². The predicted molar refractivity (Wildman–Crippen MR) is 47.5 cm³/mol. The molecule has 0 fully saturated rings. The molecule has 1 aromatic rings. The SMILES string of the molecule is O=S1(=O)C=C(Cl)c2ccccc21. The minimum absolute atomic E-state index is 0.297. The van der Waals surface area contributed by atoms with Crippen molar-refractivity contribution in [1.82, 2.24) is 0 Å². The summed E-state index contributed by atoms with van der Waals surface area (Å²) in [6.45, 7) is 0. The Morgan fingerprint density at radius 2 is 1.83 bits per heavy atom. The molecule has 12 heavy (non-hydrogen) atoms. The topological polar surface area (TPSA) is 34.1 Å². The summed E-state index contributed by atoms with van der Waals surface area (Å²) in [7, 11) is -3.25. The maximum Gasteiger partial charge on any atom is 0.201 e. The van der Waals surface area contributed by atoms with Gasteiger partial charge >= 0.3 is 0 Å². The van der Waals surface area contributed by atoms with Gasteiger partial charge in [0.05, 0.1) is 15.3 Å². The number of sulfone groups is 1. The van der Waals surface area contributed by atoms with E-state index >= 15 is 0 Å². The maximum atomic E-state index is 11.3. The van der Waals surface area contributed by atoms with Crippen molar-refractivity contribution >= 4 is 26.5 Å². The number of fused-ring (bicyclic) bond motifs is 1. The highest BCUT2D eigenvalue weighted by molar-refractivity contribution is 7.95. The lowest BCUT2D eigenvalue weighted by molar-refractivity contribution is 0.605. The molecule has 1 heterocycles. The summed E-state index contributed by atoms with van der Waals surface area (Å²) in [5.74, 6) is 0. The van der Waals surface area contributed by atoms with Crippen molar-refractivity contribution in [2.75, 3.05) is 0 Å². The van der Waals surface area contributed by atoms with Crippen molar-refractivity contribution in [2.45, 2.75) is 4.90 Å². The highest BCUT2D eigenvalue weighted by Crippen LogP contribution is 2.34. The average molecular weight is 201 g/mol. The summed E-state index contributed by atoms with van der Waals surface area (Å²) < 4.78 is 22.6. The van der Waals surface area contributed by atoms with Gasteiger partial charge in [0, 0.05) is 5.56 Å². The van der Waals surface area contributed by atoms with Gasteiger partial charge in [-0.25, -0.2) is 8.42 Å². The van der Waals surface area contributed by atoms with Crippen LogP contribution in [-0.2, 0) is 9.84 Å². The molecule has 2 nitrogen and oxygen atoms in total. The Morgan fingerprint density at radius 3 is 2.50 bits per heavy atom. The Labute approximate surface area is 75.4 Å². The zero-order chi connectivity index (χ0) is 8.77. The van der Waals surface area contributed by atoms with Crippen LogP contribution in [0.3, 0.4) is 0 Å². The van der Waals surface area contributed by atoms with Crippen molar-refractivity contribution in [1.29, 1.82) is 0 Å². The molecule has 0 saturated carbocycles. The summed E-state index contributed by atoms with van der Waals surface area (Å²) in [6.07, 6.45) is 0. The Hall–Kier alpha value is -0.800. The molecule has 0 aliphatic carbocycles. The van der Waals surface area contributed by atoms with Crippen LogP contribution in [0.15, 0.2) is 34.6 Å². The summed E-state index contributed by atoms with van der Waals surface area (Å²) in [4.78, 5) is 0.301. The second-order valence-electron chi connectivity index (χ2n) is 2.51. The van der Waals surface area contributed by atoms with Crippen LogP contribution in [-0.4, -0.2) is 8.42 Å². The minimum atomic E-state index is -3.25. The Kier molecular flexibility index (Phi) is 1.53. The number of rotatable bonds is 0. The van der Waals surface area contributed by atoms with Crippen LogP contribution < -0.4 is 0 Å². The Balaban J connectivity index is 2.86. The van der Waals surface area contributed by atoms with E-state index in [4.69, 9.17) is 11.6 Å². The lowest BCUT2D eigenvalue weighted by Gasteiger charge is -1.95. The molecular weight excluding hydrogens is 196 g/mol. The fourth-order valence-corrected chi connectivity index (χ4v) is 3.03. The molecule has 0 bridgehead atoms. The van der Waals surface area contributed by atoms with E-state index in [9.17, 15) is 8.42 Å². The largest absolute Gasteiger partial charge is 0.219 e. The van der Waals surface area contributed by atoms with E-state index < -0.39 is 9.84 Å². The fraction of sp³-hybridized carbons (Fsp3) is 0. The zero-order valence-electron chi connectivity index (χ0n) is 5.99. The highest BCUT2D eigenvalue weighted by atomic mass is 35.5. The molecule has 0 spiro atoms. The minimum Gasteiger partial charge on any atom is -0.219 e. The van der Waals surface area contributed by atoms with Crippen LogP contribution in [0.2, 0.25) is 0 Å². The molecule has 1 aromatic carbocycles. The van der Waals surface area contributed by atoms with Crippen molar-refractivity contribution in [3.63, 3.8) is 0 Å². The standard InChI is InChI=1S/C8H5ClO2S/c9-7-5-12(10,11)8-4-2-1-3-6(7)8/h1-5H. The van der Waals surface area contributed by atoms with Gasteiger partial charge in [-0.2, -0.15) is 0 Å². The van der Waals surface area contributed by atoms with E-state index in [1.165, 1.54) is 0 Å².